The van der Waals surface area contributed by atoms with E-state index in [1.807, 2.05) is 30.3 Å². The lowest BCUT2D eigenvalue weighted by Gasteiger charge is -2.36. The molecule has 1 heterocycles. The lowest BCUT2D eigenvalue weighted by atomic mass is 9.99. The quantitative estimate of drug-likeness (QED) is 0.302. The predicted octanol–water partition coefficient (Wildman–Crippen LogP) is 4.49. The van der Waals surface area contributed by atoms with Gasteiger partial charge in [-0.1, -0.05) is 47.2 Å². The molecule has 2 aromatic carbocycles. The Balaban J connectivity index is 2.12. The Bertz CT molecular complexity index is 1010. The maximum Gasteiger partial charge on any atom is 0.260 e. The second-order valence-corrected chi connectivity index (χ2v) is 8.04. The number of azide groups is 1. The van der Waals surface area contributed by atoms with Crippen LogP contribution in [0.15, 0.2) is 58.7 Å². The molecule has 1 amide bonds. The van der Waals surface area contributed by atoms with Crippen LogP contribution in [-0.2, 0) is 9.67 Å². The van der Waals surface area contributed by atoms with Crippen LogP contribution in [0.1, 0.15) is 30.9 Å². The van der Waals surface area contributed by atoms with Crippen LogP contribution in [0.4, 0.5) is 8.78 Å². The zero-order valence-electron chi connectivity index (χ0n) is 16.2. The molecule has 2 unspecified atom stereocenters. The van der Waals surface area contributed by atoms with Crippen molar-refractivity contribution in [2.45, 2.75) is 30.7 Å². The predicted molar refractivity (Wildman–Crippen MR) is 112 cm³/mol. The zero-order chi connectivity index (χ0) is 21.7. The fraction of sp³-hybridized carbons (Fsp3) is 0.300. The molecule has 0 saturated heterocycles. The largest absolute Gasteiger partial charge is 0.320 e. The van der Waals surface area contributed by atoms with Crippen molar-refractivity contribution in [1.82, 2.24) is 5.01 Å². The third-order valence-electron chi connectivity index (χ3n) is 4.62. The van der Waals surface area contributed by atoms with Gasteiger partial charge in [0.2, 0.25) is 0 Å². The first kappa shape index (κ1) is 21.8. The number of halogens is 2. The number of carbonyl (C=O) groups excluding carboxylic acids is 1. The zero-order valence-corrected chi connectivity index (χ0v) is 17.0. The number of hydrogen-bond acceptors (Lipinski definition) is 5. The maximum absolute atomic E-state index is 14.5. The Morgan fingerprint density at radius 1 is 1.33 bits per heavy atom. The summed E-state index contributed by atoms with van der Waals surface area (Å²) in [5.41, 5.74) is 15.1. The Hall–Kier alpha value is -2.94. The first-order valence-corrected chi connectivity index (χ1v) is 10.1. The van der Waals surface area contributed by atoms with Gasteiger partial charge in [0.15, 0.2) is 0 Å². The second-order valence-electron chi connectivity index (χ2n) is 6.78. The molecule has 1 aliphatic rings. The molecular formula is C20H20F2N6OS. The van der Waals surface area contributed by atoms with E-state index in [0.29, 0.717) is 12.8 Å². The van der Waals surface area contributed by atoms with E-state index in [0.717, 1.165) is 35.5 Å². The molecule has 1 aliphatic heterocycles. The summed E-state index contributed by atoms with van der Waals surface area (Å²) >= 11 is 1.16. The molecule has 7 nitrogen and oxygen atoms in total. The molecule has 0 fully saturated rings. The molecule has 0 aromatic heterocycles. The average molecular weight is 430 g/mol. The lowest BCUT2D eigenvalue weighted by Crippen LogP contribution is -2.47. The molecule has 0 radical (unpaired) electrons. The van der Waals surface area contributed by atoms with Crippen LogP contribution in [0.5, 0.6) is 0 Å². The van der Waals surface area contributed by atoms with Crippen LogP contribution >= 0.6 is 11.8 Å². The molecule has 2 atom stereocenters. The Morgan fingerprint density at radius 2 is 2.07 bits per heavy atom. The number of carbonyl (C=O) groups is 1. The minimum absolute atomic E-state index is 0.0321. The highest BCUT2D eigenvalue weighted by Crippen LogP contribution is 2.50. The van der Waals surface area contributed by atoms with Crippen molar-refractivity contribution in [1.29, 1.82) is 0 Å². The Kier molecular flexibility index (Phi) is 6.71. The van der Waals surface area contributed by atoms with Crippen molar-refractivity contribution >= 4 is 22.7 Å². The number of hydrazone groups is 1. The summed E-state index contributed by atoms with van der Waals surface area (Å²) in [7, 11) is 0. The first-order valence-electron chi connectivity index (χ1n) is 9.28. The van der Waals surface area contributed by atoms with E-state index in [-0.39, 0.29) is 17.2 Å². The van der Waals surface area contributed by atoms with Crippen LogP contribution in [-0.4, -0.2) is 28.5 Å². The molecule has 0 spiro atoms. The molecule has 156 valence electrons. The highest BCUT2D eigenvalue weighted by atomic mass is 32.2. The molecule has 2 aromatic rings. The highest BCUT2D eigenvalue weighted by Gasteiger charge is 2.49. The maximum atomic E-state index is 14.5. The number of nitrogens with zero attached hydrogens (tertiary/aromatic N) is 5. The van der Waals surface area contributed by atoms with E-state index in [1.54, 1.807) is 6.92 Å². The van der Waals surface area contributed by atoms with Crippen molar-refractivity contribution < 1.29 is 13.6 Å². The normalized spacial score (nSPS) is 19.2. The standard InChI is InChI=1S/C20H20F2N6OS/c1-13(23)19(29)28-20(10-5-11-25-27-24,14-6-3-2-4-7-14)30-18(26-28)16-12-15(21)8-9-17(16)22/h2-4,6-9,12-13H,5,10-11,23H2,1H3. The van der Waals surface area contributed by atoms with E-state index in [9.17, 15) is 13.6 Å². The molecule has 10 heteroatoms. The number of nitrogens with two attached hydrogens (primary N) is 1. The van der Waals surface area contributed by atoms with Gasteiger partial charge >= 0.3 is 0 Å². The van der Waals surface area contributed by atoms with E-state index >= 15 is 0 Å². The van der Waals surface area contributed by atoms with Gasteiger partial charge in [0.1, 0.15) is 21.5 Å². The van der Waals surface area contributed by atoms with Gasteiger partial charge in [-0.15, -0.1) is 0 Å². The lowest BCUT2D eigenvalue weighted by molar-refractivity contribution is -0.135. The summed E-state index contributed by atoms with van der Waals surface area (Å²) in [6, 6.07) is 11.4. The van der Waals surface area contributed by atoms with Crippen molar-refractivity contribution in [2.24, 2.45) is 15.9 Å². The third-order valence-corrected chi connectivity index (χ3v) is 6.06. The van der Waals surface area contributed by atoms with Crippen LogP contribution < -0.4 is 5.73 Å². The number of rotatable bonds is 7. The van der Waals surface area contributed by atoms with Crippen molar-refractivity contribution in [2.75, 3.05) is 6.54 Å². The van der Waals surface area contributed by atoms with Gasteiger partial charge in [-0.3, -0.25) is 4.79 Å². The molecular weight excluding hydrogens is 410 g/mol. The summed E-state index contributed by atoms with van der Waals surface area (Å²) in [6.07, 6.45) is 0.812. The monoisotopic (exact) mass is 430 g/mol. The fourth-order valence-corrected chi connectivity index (χ4v) is 4.63. The van der Waals surface area contributed by atoms with Gasteiger partial charge in [-0.2, -0.15) is 5.10 Å². The number of amides is 1. The third kappa shape index (κ3) is 4.30. The summed E-state index contributed by atoms with van der Waals surface area (Å²) < 4.78 is 28.3. The molecule has 30 heavy (non-hydrogen) atoms. The topological polar surface area (TPSA) is 107 Å². The van der Waals surface area contributed by atoms with Gasteiger partial charge in [-0.25, -0.2) is 13.8 Å². The van der Waals surface area contributed by atoms with E-state index in [1.165, 1.54) is 5.01 Å². The average Bonchev–Trinajstić information content (AvgIpc) is 3.13. The van der Waals surface area contributed by atoms with Crippen LogP contribution in [0.3, 0.4) is 0 Å². The summed E-state index contributed by atoms with van der Waals surface area (Å²) in [5, 5.41) is 9.38. The van der Waals surface area contributed by atoms with Crippen LogP contribution in [0.2, 0.25) is 0 Å². The van der Waals surface area contributed by atoms with Gasteiger partial charge in [0.25, 0.3) is 5.91 Å². The summed E-state index contributed by atoms with van der Waals surface area (Å²) in [5.74, 6) is -1.71. The second kappa shape index (κ2) is 9.25. The van der Waals surface area contributed by atoms with Gasteiger partial charge < -0.3 is 5.73 Å². The van der Waals surface area contributed by atoms with E-state index in [2.05, 4.69) is 15.1 Å². The number of thioether (sulfide) groups is 1. The van der Waals surface area contributed by atoms with Crippen molar-refractivity contribution in [3.63, 3.8) is 0 Å². The highest BCUT2D eigenvalue weighted by molar-refractivity contribution is 8.15. The Morgan fingerprint density at radius 3 is 2.73 bits per heavy atom. The molecule has 3 rings (SSSR count). The molecule has 0 aliphatic carbocycles. The fourth-order valence-electron chi connectivity index (χ4n) is 3.20. The summed E-state index contributed by atoms with van der Waals surface area (Å²) in [4.78, 5) is 14.7. The van der Waals surface area contributed by atoms with Crippen molar-refractivity contribution in [3.8, 4) is 0 Å². The molecule has 2 N–H and O–H groups in total. The van der Waals surface area contributed by atoms with E-state index < -0.39 is 28.5 Å². The summed E-state index contributed by atoms with van der Waals surface area (Å²) in [6.45, 7) is 1.76. The van der Waals surface area contributed by atoms with Gasteiger partial charge in [0.05, 0.1) is 6.04 Å². The smallest absolute Gasteiger partial charge is 0.260 e. The minimum atomic E-state index is -1.04. The minimum Gasteiger partial charge on any atom is -0.320 e. The van der Waals surface area contributed by atoms with Crippen LogP contribution in [0, 0.1) is 11.6 Å². The van der Waals surface area contributed by atoms with Crippen molar-refractivity contribution in [3.05, 3.63) is 81.7 Å². The molecule has 0 saturated carbocycles. The van der Waals surface area contributed by atoms with Crippen LogP contribution in [0.25, 0.3) is 10.4 Å². The number of hydrogen-bond donors (Lipinski definition) is 1. The number of benzene rings is 2. The molecule has 0 bridgehead atoms. The first-order chi connectivity index (χ1) is 14.4. The van der Waals surface area contributed by atoms with E-state index in [4.69, 9.17) is 11.3 Å². The van der Waals surface area contributed by atoms with Gasteiger partial charge in [0, 0.05) is 17.0 Å². The SMILES string of the molecule is CC(N)C(=O)N1N=C(c2cc(F)ccc2F)SC1(CCCN=[N+]=[N-])c1ccccc1. The van der Waals surface area contributed by atoms with Gasteiger partial charge in [-0.05, 0) is 49.1 Å². The Labute approximate surface area is 176 Å².